The molecule has 23 heavy (non-hydrogen) atoms. The Morgan fingerprint density at radius 3 is 3.00 bits per heavy atom. The summed E-state index contributed by atoms with van der Waals surface area (Å²) in [5.41, 5.74) is 1.10. The predicted molar refractivity (Wildman–Crippen MR) is 89.9 cm³/mol. The molecule has 0 fully saturated rings. The van der Waals surface area contributed by atoms with Crippen molar-refractivity contribution in [2.45, 2.75) is 12.5 Å². The van der Waals surface area contributed by atoms with Crippen LogP contribution < -0.4 is 5.32 Å². The van der Waals surface area contributed by atoms with Crippen LogP contribution in [0.4, 0.5) is 0 Å². The van der Waals surface area contributed by atoms with E-state index in [2.05, 4.69) is 10.3 Å². The Hall–Kier alpha value is -2.44. The Morgan fingerprint density at radius 2 is 2.26 bits per heavy atom. The number of para-hydroxylation sites is 2. The Bertz CT molecular complexity index is 802. The summed E-state index contributed by atoms with van der Waals surface area (Å²) in [4.78, 5) is 16.1. The molecule has 3 aromatic rings. The molecule has 1 atom stereocenters. The standard InChI is InChI=1S/C17H16N2O3S/c1-17(21,12-8-9-23-10-12)11-18-15(20)6-7-16-19-13-4-2-3-5-14(13)22-16/h2-10,21H,11H2,1H3,(H,18,20)/b7-6+. The quantitative estimate of drug-likeness (QED) is 0.706. The zero-order chi connectivity index (χ0) is 16.3. The van der Waals surface area contributed by atoms with Crippen LogP contribution >= 0.6 is 11.3 Å². The lowest BCUT2D eigenvalue weighted by Gasteiger charge is -2.22. The molecule has 1 amide bonds. The van der Waals surface area contributed by atoms with E-state index in [9.17, 15) is 9.90 Å². The molecule has 0 aliphatic carbocycles. The van der Waals surface area contributed by atoms with E-state index in [1.54, 1.807) is 6.92 Å². The molecule has 2 heterocycles. The normalized spacial score (nSPS) is 14.2. The average molecular weight is 328 g/mol. The molecule has 1 unspecified atom stereocenters. The number of aromatic nitrogens is 1. The van der Waals surface area contributed by atoms with Crippen LogP contribution in [0.25, 0.3) is 17.2 Å². The second kappa shape index (κ2) is 6.36. The summed E-state index contributed by atoms with van der Waals surface area (Å²) >= 11 is 1.50. The van der Waals surface area contributed by atoms with Gasteiger partial charge < -0.3 is 14.8 Å². The molecule has 0 saturated heterocycles. The number of oxazole rings is 1. The maximum atomic E-state index is 11.9. The molecule has 0 aliphatic rings. The molecule has 2 aromatic heterocycles. The van der Waals surface area contributed by atoms with Crippen LogP contribution in [0.15, 0.2) is 51.6 Å². The number of hydrogen-bond acceptors (Lipinski definition) is 5. The van der Waals surface area contributed by atoms with Gasteiger partial charge in [-0.2, -0.15) is 11.3 Å². The second-order valence-corrected chi connectivity index (χ2v) is 6.14. The number of carbonyl (C=O) groups excluding carboxylic acids is 1. The number of amides is 1. The Morgan fingerprint density at radius 1 is 1.43 bits per heavy atom. The minimum atomic E-state index is -1.10. The lowest BCUT2D eigenvalue weighted by atomic mass is 9.99. The van der Waals surface area contributed by atoms with Crippen LogP contribution in [-0.4, -0.2) is 22.5 Å². The summed E-state index contributed by atoms with van der Waals surface area (Å²) < 4.78 is 5.50. The van der Waals surface area contributed by atoms with Crippen LogP contribution in [-0.2, 0) is 10.4 Å². The van der Waals surface area contributed by atoms with Gasteiger partial charge in [0.25, 0.3) is 0 Å². The van der Waals surface area contributed by atoms with E-state index in [0.29, 0.717) is 11.5 Å². The molecular weight excluding hydrogens is 312 g/mol. The summed E-state index contributed by atoms with van der Waals surface area (Å²) in [6.07, 6.45) is 2.85. The first kappa shape index (κ1) is 15.5. The van der Waals surface area contributed by atoms with Gasteiger partial charge in [0.2, 0.25) is 11.8 Å². The van der Waals surface area contributed by atoms with Gasteiger partial charge in [0.15, 0.2) is 5.58 Å². The van der Waals surface area contributed by atoms with E-state index < -0.39 is 5.60 Å². The van der Waals surface area contributed by atoms with Crippen molar-refractivity contribution in [3.8, 4) is 0 Å². The molecule has 2 N–H and O–H groups in total. The molecule has 118 valence electrons. The summed E-state index contributed by atoms with van der Waals surface area (Å²) in [6.45, 7) is 1.79. The molecule has 0 saturated carbocycles. The first-order chi connectivity index (χ1) is 11.0. The third-order valence-electron chi connectivity index (χ3n) is 3.44. The van der Waals surface area contributed by atoms with Crippen molar-refractivity contribution in [3.05, 3.63) is 58.6 Å². The highest BCUT2D eigenvalue weighted by molar-refractivity contribution is 7.08. The van der Waals surface area contributed by atoms with Gasteiger partial charge in [-0.05, 0) is 41.4 Å². The first-order valence-electron chi connectivity index (χ1n) is 7.11. The fraction of sp³-hybridized carbons (Fsp3) is 0.176. The highest BCUT2D eigenvalue weighted by Gasteiger charge is 2.23. The number of nitrogens with one attached hydrogen (secondary N) is 1. The fourth-order valence-electron chi connectivity index (χ4n) is 2.10. The van der Waals surface area contributed by atoms with Gasteiger partial charge in [0.05, 0.1) is 6.54 Å². The van der Waals surface area contributed by atoms with Crippen molar-refractivity contribution in [1.29, 1.82) is 0 Å². The minimum Gasteiger partial charge on any atom is -0.437 e. The summed E-state index contributed by atoms with van der Waals surface area (Å²) in [5, 5.41) is 16.8. The topological polar surface area (TPSA) is 75.4 Å². The smallest absolute Gasteiger partial charge is 0.244 e. The number of nitrogens with zero attached hydrogens (tertiary/aromatic N) is 1. The Kier molecular flexibility index (Phi) is 4.27. The van der Waals surface area contributed by atoms with Gasteiger partial charge in [0.1, 0.15) is 11.1 Å². The highest BCUT2D eigenvalue weighted by atomic mass is 32.1. The number of carbonyl (C=O) groups is 1. The molecule has 1 aromatic carbocycles. The molecule has 0 bridgehead atoms. The zero-order valence-corrected chi connectivity index (χ0v) is 13.3. The van der Waals surface area contributed by atoms with E-state index in [4.69, 9.17) is 4.42 Å². The lowest BCUT2D eigenvalue weighted by Crippen LogP contribution is -2.37. The van der Waals surface area contributed by atoms with E-state index in [1.807, 2.05) is 41.1 Å². The molecule has 6 heteroatoms. The van der Waals surface area contributed by atoms with Crippen molar-refractivity contribution >= 4 is 34.4 Å². The fourth-order valence-corrected chi connectivity index (χ4v) is 2.88. The van der Waals surface area contributed by atoms with E-state index in [0.717, 1.165) is 11.1 Å². The van der Waals surface area contributed by atoms with Crippen LogP contribution in [0.5, 0.6) is 0 Å². The van der Waals surface area contributed by atoms with Gasteiger partial charge in [-0.15, -0.1) is 0 Å². The second-order valence-electron chi connectivity index (χ2n) is 5.36. The Labute approximate surface area is 137 Å². The third kappa shape index (κ3) is 3.67. The Balaban J connectivity index is 1.60. The van der Waals surface area contributed by atoms with Gasteiger partial charge in [-0.1, -0.05) is 12.1 Å². The molecule has 3 rings (SSSR count). The molecule has 0 radical (unpaired) electrons. The third-order valence-corrected chi connectivity index (χ3v) is 4.12. The van der Waals surface area contributed by atoms with Gasteiger partial charge in [0, 0.05) is 12.2 Å². The van der Waals surface area contributed by atoms with E-state index >= 15 is 0 Å². The van der Waals surface area contributed by atoms with Gasteiger partial charge in [-0.25, -0.2) is 4.98 Å². The predicted octanol–water partition coefficient (Wildman–Crippen LogP) is 2.93. The molecule has 0 spiro atoms. The monoisotopic (exact) mass is 328 g/mol. The number of aliphatic hydroxyl groups is 1. The van der Waals surface area contributed by atoms with Gasteiger partial charge >= 0.3 is 0 Å². The van der Waals surface area contributed by atoms with Crippen molar-refractivity contribution in [2.75, 3.05) is 6.54 Å². The summed E-state index contributed by atoms with van der Waals surface area (Å²) in [6, 6.07) is 9.23. The van der Waals surface area contributed by atoms with Crippen molar-refractivity contribution in [2.24, 2.45) is 0 Å². The number of hydrogen-bond donors (Lipinski definition) is 2. The maximum Gasteiger partial charge on any atom is 0.244 e. The largest absolute Gasteiger partial charge is 0.437 e. The van der Waals surface area contributed by atoms with Crippen molar-refractivity contribution in [1.82, 2.24) is 10.3 Å². The number of fused-ring (bicyclic) bond motifs is 1. The van der Waals surface area contributed by atoms with E-state index in [-0.39, 0.29) is 12.5 Å². The molecular formula is C17H16N2O3S. The van der Waals surface area contributed by atoms with Crippen LogP contribution in [0.3, 0.4) is 0 Å². The SMILES string of the molecule is CC(O)(CNC(=O)/C=C/c1nc2ccccc2o1)c1ccsc1. The van der Waals surface area contributed by atoms with Crippen LogP contribution in [0.2, 0.25) is 0 Å². The highest BCUT2D eigenvalue weighted by Crippen LogP contribution is 2.22. The number of rotatable bonds is 5. The summed E-state index contributed by atoms with van der Waals surface area (Å²) in [7, 11) is 0. The molecule has 5 nitrogen and oxygen atoms in total. The van der Waals surface area contributed by atoms with Crippen molar-refractivity contribution in [3.63, 3.8) is 0 Å². The zero-order valence-electron chi connectivity index (χ0n) is 12.5. The lowest BCUT2D eigenvalue weighted by molar-refractivity contribution is -0.117. The minimum absolute atomic E-state index is 0.125. The summed E-state index contributed by atoms with van der Waals surface area (Å²) in [5.74, 6) is 0.0497. The number of thiophene rings is 1. The van der Waals surface area contributed by atoms with Gasteiger partial charge in [-0.3, -0.25) is 4.79 Å². The number of benzene rings is 1. The van der Waals surface area contributed by atoms with Crippen LogP contribution in [0, 0.1) is 0 Å². The maximum absolute atomic E-state index is 11.9. The van der Waals surface area contributed by atoms with Crippen molar-refractivity contribution < 1.29 is 14.3 Å². The molecule has 0 aliphatic heterocycles. The first-order valence-corrected chi connectivity index (χ1v) is 8.05. The van der Waals surface area contributed by atoms with Crippen LogP contribution in [0.1, 0.15) is 18.4 Å². The van der Waals surface area contributed by atoms with E-state index in [1.165, 1.54) is 23.5 Å². The average Bonchev–Trinajstić information content (AvgIpc) is 3.20.